The van der Waals surface area contributed by atoms with Gasteiger partial charge >= 0.3 is 6.18 Å². The second-order valence-corrected chi connectivity index (χ2v) is 12.6. The fraction of sp³-hybridized carbons (Fsp3) is 0.714. The average molecular weight is 382 g/mol. The van der Waals surface area contributed by atoms with Gasteiger partial charge in [-0.2, -0.15) is 18.3 Å². The Morgan fingerprint density at radius 3 is 2.56 bits per heavy atom. The van der Waals surface area contributed by atoms with Gasteiger partial charge in [0.05, 0.1) is 18.5 Å². The summed E-state index contributed by atoms with van der Waals surface area (Å²) in [6.07, 6.45) is -3.87. The van der Waals surface area contributed by atoms with Crippen LogP contribution in [0.5, 0.6) is 0 Å². The second-order valence-electron chi connectivity index (χ2n) is 6.96. The molecule has 0 aromatic carbocycles. The van der Waals surface area contributed by atoms with Crippen LogP contribution >= 0.6 is 0 Å². The van der Waals surface area contributed by atoms with E-state index in [1.54, 1.807) is 6.92 Å². The Labute approximate surface area is 145 Å². The molecule has 0 aliphatic heterocycles. The number of halogens is 3. The Bertz CT molecular complexity index is 617. The zero-order valence-corrected chi connectivity index (χ0v) is 15.8. The first-order chi connectivity index (χ1) is 11.5. The molecule has 0 spiro atoms. The highest BCUT2D eigenvalue weighted by atomic mass is 28.3. The first-order valence-electron chi connectivity index (χ1n) is 7.79. The van der Waals surface area contributed by atoms with Crippen LogP contribution in [0.4, 0.5) is 18.9 Å². The third-order valence-corrected chi connectivity index (χ3v) is 4.99. The number of aromatic nitrogens is 2. The third kappa shape index (κ3) is 7.14. The highest BCUT2D eigenvalue weighted by Crippen LogP contribution is 2.31. The number of rotatable bonds is 9. The van der Waals surface area contributed by atoms with Crippen LogP contribution in [-0.4, -0.2) is 37.1 Å². The van der Waals surface area contributed by atoms with E-state index >= 15 is 0 Å². The lowest BCUT2D eigenvalue weighted by Crippen LogP contribution is -2.34. The molecule has 3 N–H and O–H groups in total. The molecule has 144 valence electrons. The molecule has 0 bridgehead atoms. The van der Waals surface area contributed by atoms with Crippen molar-refractivity contribution in [2.75, 3.05) is 18.5 Å². The summed E-state index contributed by atoms with van der Waals surface area (Å²) in [5, 5.41) is 6.29. The van der Waals surface area contributed by atoms with Crippen molar-refractivity contribution in [1.82, 2.24) is 9.78 Å². The second kappa shape index (κ2) is 8.78. The molecule has 7 nitrogen and oxygen atoms in total. The van der Waals surface area contributed by atoms with E-state index in [0.717, 1.165) is 12.2 Å². The summed E-state index contributed by atoms with van der Waals surface area (Å²) in [4.78, 5) is 16.6. The van der Waals surface area contributed by atoms with Crippen LogP contribution < -0.4 is 16.8 Å². The first kappa shape index (κ1) is 21.6. The van der Waals surface area contributed by atoms with Gasteiger partial charge in [-0.15, -0.1) is 0 Å². The standard InChI is InChI=1S/C14H25F3N4O3Si/c1-10(8-24-18)20-11-7-19-21(9-23-5-6-25(2,3)4)13(22)12(11)14(15,16)17/h7,10,20H,5-6,8-9,18H2,1-4H3/t10-/m0/s1. The molecule has 1 atom stereocenters. The fourth-order valence-corrected chi connectivity index (χ4v) is 2.70. The molecule has 1 rings (SSSR count). The molecule has 0 saturated heterocycles. The molecule has 1 aromatic rings. The quantitative estimate of drug-likeness (QED) is 0.387. The normalized spacial score (nSPS) is 13.8. The van der Waals surface area contributed by atoms with Gasteiger partial charge in [-0.05, 0) is 13.0 Å². The lowest BCUT2D eigenvalue weighted by atomic mass is 10.2. The van der Waals surface area contributed by atoms with Crippen molar-refractivity contribution in [2.24, 2.45) is 5.90 Å². The SMILES string of the molecule is C[C@@H](CON)Nc1cnn(COCC[Si](C)(C)C)c(=O)c1C(F)(F)F. The predicted octanol–water partition coefficient (Wildman–Crippen LogP) is 2.27. The van der Waals surface area contributed by atoms with Gasteiger partial charge in [-0.3, -0.25) is 4.79 Å². The number of nitrogens with zero attached hydrogens (tertiary/aromatic N) is 2. The number of anilines is 1. The molecule has 0 saturated carbocycles. The molecular formula is C14H25F3N4O3Si. The topological polar surface area (TPSA) is 91.4 Å². The maximum atomic E-state index is 13.3. The van der Waals surface area contributed by atoms with Crippen LogP contribution in [0.2, 0.25) is 25.7 Å². The van der Waals surface area contributed by atoms with E-state index in [0.29, 0.717) is 11.3 Å². The fourth-order valence-electron chi connectivity index (χ4n) is 1.94. The van der Waals surface area contributed by atoms with Crippen LogP contribution in [0, 0.1) is 0 Å². The Balaban J connectivity index is 2.98. The third-order valence-electron chi connectivity index (χ3n) is 3.29. The minimum Gasteiger partial charge on any atom is -0.378 e. The van der Waals surface area contributed by atoms with Crippen LogP contribution in [0.15, 0.2) is 11.0 Å². The van der Waals surface area contributed by atoms with Gasteiger partial charge in [0.2, 0.25) is 0 Å². The van der Waals surface area contributed by atoms with E-state index in [1.807, 2.05) is 0 Å². The van der Waals surface area contributed by atoms with Crippen molar-refractivity contribution in [3.63, 3.8) is 0 Å². The first-order valence-corrected chi connectivity index (χ1v) is 11.5. The van der Waals surface area contributed by atoms with Gasteiger partial charge < -0.3 is 14.9 Å². The Morgan fingerprint density at radius 1 is 1.40 bits per heavy atom. The lowest BCUT2D eigenvalue weighted by Gasteiger charge is -2.19. The van der Waals surface area contributed by atoms with E-state index < -0.39 is 37.1 Å². The minimum absolute atomic E-state index is 0.0276. The Morgan fingerprint density at radius 2 is 2.04 bits per heavy atom. The average Bonchev–Trinajstić information content (AvgIpc) is 2.43. The summed E-state index contributed by atoms with van der Waals surface area (Å²) < 4.78 is 45.9. The highest BCUT2D eigenvalue weighted by molar-refractivity contribution is 6.76. The van der Waals surface area contributed by atoms with Crippen LogP contribution in [0.3, 0.4) is 0 Å². The number of nitrogens with one attached hydrogen (secondary N) is 1. The molecule has 0 radical (unpaired) electrons. The van der Waals surface area contributed by atoms with E-state index in [4.69, 9.17) is 10.6 Å². The van der Waals surface area contributed by atoms with Gasteiger partial charge in [0, 0.05) is 20.7 Å². The monoisotopic (exact) mass is 382 g/mol. The molecule has 1 heterocycles. The molecule has 11 heteroatoms. The highest BCUT2D eigenvalue weighted by Gasteiger charge is 2.38. The molecule has 0 aliphatic carbocycles. The molecule has 0 fully saturated rings. The van der Waals surface area contributed by atoms with E-state index in [1.165, 1.54) is 0 Å². The van der Waals surface area contributed by atoms with E-state index in [9.17, 15) is 18.0 Å². The minimum atomic E-state index is -4.83. The van der Waals surface area contributed by atoms with Crippen molar-refractivity contribution >= 4 is 13.8 Å². The predicted molar refractivity (Wildman–Crippen MR) is 90.8 cm³/mol. The zero-order chi connectivity index (χ0) is 19.3. The largest absolute Gasteiger partial charge is 0.423 e. The summed E-state index contributed by atoms with van der Waals surface area (Å²) in [6.45, 7) is 8.03. The van der Waals surface area contributed by atoms with Crippen molar-refractivity contribution in [2.45, 2.75) is 51.6 Å². The van der Waals surface area contributed by atoms with Gasteiger partial charge in [0.1, 0.15) is 12.3 Å². The van der Waals surface area contributed by atoms with Gasteiger partial charge in [-0.25, -0.2) is 10.6 Å². The van der Waals surface area contributed by atoms with E-state index in [2.05, 4.69) is 34.9 Å². The van der Waals surface area contributed by atoms with Crippen molar-refractivity contribution < 1.29 is 22.7 Å². The Kier molecular flexibility index (Phi) is 7.59. The number of alkyl halides is 3. The summed E-state index contributed by atoms with van der Waals surface area (Å²) in [7, 11) is -1.33. The van der Waals surface area contributed by atoms with Gasteiger partial charge in [0.15, 0.2) is 0 Å². The zero-order valence-electron chi connectivity index (χ0n) is 14.8. The van der Waals surface area contributed by atoms with Crippen molar-refractivity contribution in [1.29, 1.82) is 0 Å². The number of hydrogen-bond donors (Lipinski definition) is 2. The van der Waals surface area contributed by atoms with E-state index in [-0.39, 0.29) is 13.3 Å². The van der Waals surface area contributed by atoms with Crippen molar-refractivity contribution in [3.05, 3.63) is 22.1 Å². The van der Waals surface area contributed by atoms with Gasteiger partial charge in [-0.1, -0.05) is 19.6 Å². The number of nitrogens with two attached hydrogens (primary N) is 1. The summed E-state index contributed by atoms with van der Waals surface area (Å²) in [5.74, 6) is 4.90. The smallest absolute Gasteiger partial charge is 0.378 e. The lowest BCUT2D eigenvalue weighted by molar-refractivity contribution is -0.138. The molecule has 0 aliphatic rings. The summed E-state index contributed by atoms with van der Waals surface area (Å²) in [6, 6.07) is 0.306. The molecular weight excluding hydrogens is 357 g/mol. The summed E-state index contributed by atoms with van der Waals surface area (Å²) in [5.41, 5.74) is -2.99. The van der Waals surface area contributed by atoms with Gasteiger partial charge in [0.25, 0.3) is 5.56 Å². The maximum absolute atomic E-state index is 13.3. The van der Waals surface area contributed by atoms with Crippen molar-refractivity contribution in [3.8, 4) is 0 Å². The number of ether oxygens (including phenoxy) is 1. The number of hydrogen-bond acceptors (Lipinski definition) is 6. The Hall–Kier alpha value is -1.43. The maximum Gasteiger partial charge on any atom is 0.423 e. The molecule has 0 unspecified atom stereocenters. The summed E-state index contributed by atoms with van der Waals surface area (Å²) >= 11 is 0. The van der Waals surface area contributed by atoms with Crippen LogP contribution in [-0.2, 0) is 22.5 Å². The molecule has 1 aromatic heterocycles. The van der Waals surface area contributed by atoms with Crippen LogP contribution in [0.25, 0.3) is 0 Å². The molecule has 0 amide bonds. The molecule has 25 heavy (non-hydrogen) atoms. The van der Waals surface area contributed by atoms with Crippen LogP contribution in [0.1, 0.15) is 12.5 Å².